The lowest BCUT2D eigenvalue weighted by Gasteiger charge is -2.27. The number of nitrogens with zero attached hydrogens (tertiary/aromatic N) is 2. The zero-order valence-corrected chi connectivity index (χ0v) is 17.5. The van der Waals surface area contributed by atoms with Crippen LogP contribution < -0.4 is 14.4 Å². The molecule has 1 heterocycles. The highest BCUT2D eigenvalue weighted by molar-refractivity contribution is 6.23. The molecule has 0 bridgehead atoms. The second kappa shape index (κ2) is 9.43. The fraction of sp³-hybridized carbons (Fsp3) is 0.348. The summed E-state index contributed by atoms with van der Waals surface area (Å²) in [5, 5.41) is 0. The second-order valence-electron chi connectivity index (χ2n) is 7.00. The number of hydrogen-bond acceptors (Lipinski definition) is 5. The fourth-order valence-corrected chi connectivity index (χ4v) is 3.65. The van der Waals surface area contributed by atoms with Crippen molar-refractivity contribution in [2.24, 2.45) is 0 Å². The van der Waals surface area contributed by atoms with Crippen LogP contribution in [-0.2, 0) is 20.8 Å². The van der Waals surface area contributed by atoms with Crippen molar-refractivity contribution < 1.29 is 23.9 Å². The van der Waals surface area contributed by atoms with Gasteiger partial charge >= 0.3 is 0 Å². The zero-order valence-electron chi connectivity index (χ0n) is 17.5. The van der Waals surface area contributed by atoms with Gasteiger partial charge < -0.3 is 14.4 Å². The van der Waals surface area contributed by atoms with Gasteiger partial charge in [-0.2, -0.15) is 0 Å². The van der Waals surface area contributed by atoms with Gasteiger partial charge in [-0.1, -0.05) is 31.2 Å². The van der Waals surface area contributed by atoms with Gasteiger partial charge in [-0.15, -0.1) is 0 Å². The molecule has 2 aromatic rings. The number of benzene rings is 2. The van der Waals surface area contributed by atoms with Gasteiger partial charge in [0.15, 0.2) is 11.5 Å². The Morgan fingerprint density at radius 1 is 1.07 bits per heavy atom. The number of imide groups is 1. The first-order valence-electron chi connectivity index (χ1n) is 9.92. The van der Waals surface area contributed by atoms with Crippen molar-refractivity contribution in [1.82, 2.24) is 4.90 Å². The molecule has 3 amide bonds. The number of methoxy groups -OCH3 is 2. The topological polar surface area (TPSA) is 76.2 Å². The Morgan fingerprint density at radius 2 is 1.77 bits per heavy atom. The van der Waals surface area contributed by atoms with Crippen LogP contribution >= 0.6 is 0 Å². The number of para-hydroxylation sites is 1. The Balaban J connectivity index is 1.79. The maximum Gasteiger partial charge on any atom is 0.257 e. The molecule has 0 aliphatic carbocycles. The van der Waals surface area contributed by atoms with E-state index in [2.05, 4.69) is 0 Å². The Hall–Kier alpha value is -3.35. The van der Waals surface area contributed by atoms with Crippen LogP contribution in [0.3, 0.4) is 0 Å². The lowest BCUT2D eigenvalue weighted by Crippen LogP contribution is -2.46. The lowest BCUT2D eigenvalue weighted by molar-refractivity contribution is -0.138. The third-order valence-electron chi connectivity index (χ3n) is 5.23. The summed E-state index contributed by atoms with van der Waals surface area (Å²) in [5.74, 6) is 0.414. The van der Waals surface area contributed by atoms with Gasteiger partial charge in [0.25, 0.3) is 5.91 Å². The minimum absolute atomic E-state index is 0.00853. The van der Waals surface area contributed by atoms with Gasteiger partial charge in [0.1, 0.15) is 6.04 Å². The van der Waals surface area contributed by atoms with Gasteiger partial charge in [0.05, 0.1) is 26.3 Å². The van der Waals surface area contributed by atoms with E-state index in [9.17, 15) is 14.4 Å². The molecular formula is C23H26N2O5. The smallest absolute Gasteiger partial charge is 0.257 e. The first-order chi connectivity index (χ1) is 14.5. The van der Waals surface area contributed by atoms with E-state index in [1.54, 1.807) is 45.4 Å². The maximum absolute atomic E-state index is 13.0. The molecule has 7 heteroatoms. The highest BCUT2D eigenvalue weighted by atomic mass is 16.5. The van der Waals surface area contributed by atoms with E-state index >= 15 is 0 Å². The summed E-state index contributed by atoms with van der Waals surface area (Å²) in [6.07, 6.45) is 0.774. The standard InChI is InChI=1S/C23H26N2O5/c1-4-21(26)24(13-12-16-10-11-19(29-2)20(14-16)30-3)18-15-22(27)25(23(18)28)17-8-6-5-7-9-17/h5-11,14,18H,4,12-13,15H2,1-3H3/t18-/m0/s1. The molecule has 0 spiro atoms. The highest BCUT2D eigenvalue weighted by Crippen LogP contribution is 2.29. The molecular weight excluding hydrogens is 384 g/mol. The summed E-state index contributed by atoms with van der Waals surface area (Å²) >= 11 is 0. The van der Waals surface area contributed by atoms with E-state index in [0.717, 1.165) is 5.56 Å². The Bertz CT molecular complexity index is 928. The van der Waals surface area contributed by atoms with Crippen molar-refractivity contribution in [2.45, 2.75) is 32.2 Å². The van der Waals surface area contributed by atoms with Crippen LogP contribution in [0.1, 0.15) is 25.3 Å². The van der Waals surface area contributed by atoms with Gasteiger partial charge in [0.2, 0.25) is 11.8 Å². The Kier molecular flexibility index (Phi) is 6.72. The molecule has 0 saturated carbocycles. The minimum atomic E-state index is -0.787. The molecule has 7 nitrogen and oxygen atoms in total. The number of carbonyl (C=O) groups is 3. The third kappa shape index (κ3) is 4.30. The van der Waals surface area contributed by atoms with Crippen LogP contribution in [0.4, 0.5) is 5.69 Å². The minimum Gasteiger partial charge on any atom is -0.493 e. The van der Waals surface area contributed by atoms with Gasteiger partial charge in [0, 0.05) is 13.0 Å². The maximum atomic E-state index is 13.0. The highest BCUT2D eigenvalue weighted by Gasteiger charge is 2.43. The summed E-state index contributed by atoms with van der Waals surface area (Å²) in [7, 11) is 3.13. The van der Waals surface area contributed by atoms with Crippen molar-refractivity contribution >= 4 is 23.4 Å². The third-order valence-corrected chi connectivity index (χ3v) is 5.23. The van der Waals surface area contributed by atoms with Crippen molar-refractivity contribution in [3.63, 3.8) is 0 Å². The molecule has 1 aliphatic rings. The van der Waals surface area contributed by atoms with Crippen molar-refractivity contribution in [2.75, 3.05) is 25.7 Å². The monoisotopic (exact) mass is 410 g/mol. The Morgan fingerprint density at radius 3 is 2.40 bits per heavy atom. The number of anilines is 1. The predicted octanol–water partition coefficient (Wildman–Crippen LogP) is 2.82. The van der Waals surface area contributed by atoms with Gasteiger partial charge in [-0.05, 0) is 36.2 Å². The number of hydrogen-bond donors (Lipinski definition) is 0. The van der Waals surface area contributed by atoms with Crippen LogP contribution in [0.2, 0.25) is 0 Å². The lowest BCUT2D eigenvalue weighted by atomic mass is 10.1. The van der Waals surface area contributed by atoms with Crippen molar-refractivity contribution in [3.8, 4) is 11.5 Å². The number of carbonyl (C=O) groups excluding carboxylic acids is 3. The Labute approximate surface area is 176 Å². The number of amides is 3. The van der Waals surface area contributed by atoms with E-state index in [-0.39, 0.29) is 30.6 Å². The number of ether oxygens (including phenoxy) is 2. The molecule has 158 valence electrons. The van der Waals surface area contributed by atoms with Crippen molar-refractivity contribution in [1.29, 1.82) is 0 Å². The molecule has 1 fully saturated rings. The van der Waals surface area contributed by atoms with E-state index in [4.69, 9.17) is 9.47 Å². The van der Waals surface area contributed by atoms with Crippen molar-refractivity contribution in [3.05, 3.63) is 54.1 Å². The fourth-order valence-electron chi connectivity index (χ4n) is 3.65. The normalized spacial score (nSPS) is 16.0. The van der Waals surface area contributed by atoms with Crippen LogP contribution in [0, 0.1) is 0 Å². The first kappa shape index (κ1) is 21.4. The summed E-state index contributed by atoms with van der Waals surface area (Å²) in [6.45, 7) is 2.08. The molecule has 0 radical (unpaired) electrons. The average molecular weight is 410 g/mol. The molecule has 0 N–H and O–H groups in total. The molecule has 30 heavy (non-hydrogen) atoms. The van der Waals surface area contributed by atoms with E-state index in [1.165, 1.54) is 9.80 Å². The summed E-state index contributed by atoms with van der Waals surface area (Å²) < 4.78 is 10.6. The zero-order chi connectivity index (χ0) is 21.7. The van der Waals surface area contributed by atoms with Gasteiger partial charge in [-0.3, -0.25) is 14.4 Å². The quantitative estimate of drug-likeness (QED) is 0.626. The summed E-state index contributed by atoms with van der Waals surface area (Å²) in [4.78, 5) is 41.0. The molecule has 2 aromatic carbocycles. The van der Waals surface area contributed by atoms with Gasteiger partial charge in [-0.25, -0.2) is 4.90 Å². The van der Waals surface area contributed by atoms with E-state index in [1.807, 2.05) is 24.3 Å². The first-order valence-corrected chi connectivity index (χ1v) is 9.92. The molecule has 0 aromatic heterocycles. The van der Waals surface area contributed by atoms with Crippen LogP contribution in [0.5, 0.6) is 11.5 Å². The largest absolute Gasteiger partial charge is 0.493 e. The molecule has 0 unspecified atom stereocenters. The second-order valence-corrected chi connectivity index (χ2v) is 7.00. The molecule has 1 saturated heterocycles. The molecule has 1 aliphatic heterocycles. The molecule has 1 atom stereocenters. The van der Waals surface area contributed by atoms with E-state index in [0.29, 0.717) is 30.2 Å². The summed E-state index contributed by atoms with van der Waals surface area (Å²) in [5.41, 5.74) is 1.47. The van der Waals surface area contributed by atoms with E-state index < -0.39 is 6.04 Å². The number of rotatable bonds is 8. The average Bonchev–Trinajstić information content (AvgIpc) is 3.07. The predicted molar refractivity (Wildman–Crippen MR) is 113 cm³/mol. The SMILES string of the molecule is CCC(=O)N(CCc1ccc(OC)c(OC)c1)[C@H]1CC(=O)N(c2ccccc2)C1=O. The molecule has 3 rings (SSSR count). The van der Waals surface area contributed by atoms with Crippen LogP contribution in [0.25, 0.3) is 0 Å². The van der Waals surface area contributed by atoms with Crippen LogP contribution in [0.15, 0.2) is 48.5 Å². The van der Waals surface area contributed by atoms with Crippen LogP contribution in [-0.4, -0.2) is 49.4 Å². The summed E-state index contributed by atoms with van der Waals surface area (Å²) in [6, 6.07) is 13.6.